The minimum Gasteiger partial charge on any atom is -0.390 e. The van der Waals surface area contributed by atoms with Crippen LogP contribution in [0.25, 0.3) is 0 Å². The topological polar surface area (TPSA) is 82.1 Å². The molecule has 4 fully saturated rings. The van der Waals surface area contributed by atoms with Gasteiger partial charge in [-0.3, -0.25) is 14.5 Å². The van der Waals surface area contributed by atoms with E-state index in [1.165, 1.54) is 31.2 Å². The normalized spacial score (nSPS) is 30.1. The van der Waals surface area contributed by atoms with Crippen LogP contribution in [-0.2, 0) is 20.7 Å². The van der Waals surface area contributed by atoms with Gasteiger partial charge in [-0.15, -0.1) is 0 Å². The van der Waals surface area contributed by atoms with E-state index in [0.717, 1.165) is 45.1 Å². The Kier molecular flexibility index (Phi) is 9.23. The van der Waals surface area contributed by atoms with Gasteiger partial charge in [0.1, 0.15) is 5.60 Å². The smallest absolute Gasteiger partial charge is 0.255 e. The summed E-state index contributed by atoms with van der Waals surface area (Å²) in [4.78, 5) is 31.7. The predicted molar refractivity (Wildman–Crippen MR) is 157 cm³/mol. The number of fused-ring (bicyclic) bond motifs is 1. The van der Waals surface area contributed by atoms with E-state index < -0.39 is 11.7 Å². The number of nitrogens with one attached hydrogen (secondary N) is 1. The van der Waals surface area contributed by atoms with Gasteiger partial charge in [0.25, 0.3) is 5.91 Å². The molecular formula is C33H51N3O4. The number of carbonyl (C=O) groups excluding carboxylic acids is 2. The molecule has 2 aliphatic carbocycles. The third-order valence-electron chi connectivity index (χ3n) is 9.77. The Morgan fingerprint density at radius 3 is 2.45 bits per heavy atom. The fraction of sp³-hybridized carbons (Fsp3) is 0.758. The van der Waals surface area contributed by atoms with Gasteiger partial charge in [-0.1, -0.05) is 68.9 Å². The summed E-state index contributed by atoms with van der Waals surface area (Å²) in [5.74, 6) is 1.28. The zero-order valence-corrected chi connectivity index (χ0v) is 24.9. The molecule has 3 unspecified atom stereocenters. The number of morpholine rings is 1. The Morgan fingerprint density at radius 2 is 1.75 bits per heavy atom. The molecule has 5 rings (SSSR count). The zero-order valence-electron chi connectivity index (χ0n) is 24.9. The summed E-state index contributed by atoms with van der Waals surface area (Å²) in [6.45, 7) is 8.09. The molecule has 2 aliphatic heterocycles. The van der Waals surface area contributed by atoms with Crippen molar-refractivity contribution in [3.63, 3.8) is 0 Å². The summed E-state index contributed by atoms with van der Waals surface area (Å²) >= 11 is 0. The van der Waals surface area contributed by atoms with E-state index in [2.05, 4.69) is 22.3 Å². The van der Waals surface area contributed by atoms with E-state index in [1.807, 2.05) is 43.9 Å². The molecule has 222 valence electrons. The van der Waals surface area contributed by atoms with Crippen molar-refractivity contribution < 1.29 is 19.4 Å². The summed E-state index contributed by atoms with van der Waals surface area (Å²) in [6.07, 6.45) is 10.4. The van der Waals surface area contributed by atoms with Gasteiger partial charge in [0.15, 0.2) is 0 Å². The first-order valence-corrected chi connectivity index (χ1v) is 15.9. The van der Waals surface area contributed by atoms with Crippen LogP contribution in [0.1, 0.15) is 90.5 Å². The number of benzene rings is 1. The first-order valence-electron chi connectivity index (χ1n) is 15.9. The second-order valence-electron chi connectivity index (χ2n) is 14.1. The molecule has 40 heavy (non-hydrogen) atoms. The number of piperidine rings is 1. The standard InChI is InChI=1S/C33H51N3O4/c1-32(2,3)34-30(38)29-19-25-14-8-9-15-26(25)20-35(29)21-28(37)22-36-27(18-24-12-6-4-7-13-24)23-40-33(31(36)39)16-10-5-11-17-33/h4,6-7,12-13,25-29,37H,5,8-11,14-23H2,1-3H3,(H,34,38)/t25-,26+,27?,28?,29?/m0/s1. The number of amides is 2. The number of aliphatic hydroxyl groups is 1. The Morgan fingerprint density at radius 1 is 1.05 bits per heavy atom. The highest BCUT2D eigenvalue weighted by atomic mass is 16.5. The van der Waals surface area contributed by atoms with Gasteiger partial charge in [0.05, 0.1) is 24.8 Å². The lowest BCUT2D eigenvalue weighted by atomic mass is 9.72. The Balaban J connectivity index is 1.32. The Hall–Kier alpha value is -1.96. The number of β-amino-alcohol motifs (C(OH)–C–C–N with tert-alkyl or cyclic N) is 1. The van der Waals surface area contributed by atoms with Crippen molar-refractivity contribution >= 4 is 11.8 Å². The zero-order chi connectivity index (χ0) is 28.3. The molecule has 2 saturated heterocycles. The Bertz CT molecular complexity index is 1000. The van der Waals surface area contributed by atoms with E-state index >= 15 is 0 Å². The lowest BCUT2D eigenvalue weighted by Gasteiger charge is -2.49. The van der Waals surface area contributed by atoms with E-state index in [-0.39, 0.29) is 36.0 Å². The molecule has 2 saturated carbocycles. The van der Waals surface area contributed by atoms with Crippen LogP contribution in [-0.4, -0.2) is 82.3 Å². The molecule has 2 amide bonds. The first kappa shape index (κ1) is 29.5. The monoisotopic (exact) mass is 553 g/mol. The number of ether oxygens (including phenoxy) is 1. The molecule has 4 aliphatic rings. The molecule has 0 radical (unpaired) electrons. The average molecular weight is 554 g/mol. The number of rotatable bonds is 7. The van der Waals surface area contributed by atoms with Gasteiger partial charge >= 0.3 is 0 Å². The molecule has 1 aromatic rings. The maximum absolute atomic E-state index is 14.1. The van der Waals surface area contributed by atoms with Gasteiger partial charge < -0.3 is 20.1 Å². The molecular weight excluding hydrogens is 502 g/mol. The van der Waals surface area contributed by atoms with Crippen molar-refractivity contribution in [3.05, 3.63) is 35.9 Å². The number of likely N-dealkylation sites (tertiary alicyclic amines) is 1. The van der Waals surface area contributed by atoms with Crippen molar-refractivity contribution in [2.45, 2.75) is 121 Å². The van der Waals surface area contributed by atoms with Crippen molar-refractivity contribution in [1.82, 2.24) is 15.1 Å². The third kappa shape index (κ3) is 6.91. The van der Waals surface area contributed by atoms with Gasteiger partial charge in [-0.25, -0.2) is 0 Å². The highest BCUT2D eigenvalue weighted by Gasteiger charge is 2.49. The number of nitrogens with zero attached hydrogens (tertiary/aromatic N) is 2. The first-order chi connectivity index (χ1) is 19.1. The molecule has 1 aromatic carbocycles. The fourth-order valence-corrected chi connectivity index (χ4v) is 7.79. The van der Waals surface area contributed by atoms with Gasteiger partial charge in [0.2, 0.25) is 5.91 Å². The van der Waals surface area contributed by atoms with Crippen molar-refractivity contribution in [2.24, 2.45) is 11.8 Å². The largest absolute Gasteiger partial charge is 0.390 e. The van der Waals surface area contributed by atoms with Crippen molar-refractivity contribution in [3.8, 4) is 0 Å². The van der Waals surface area contributed by atoms with Crippen LogP contribution in [0.3, 0.4) is 0 Å². The van der Waals surface area contributed by atoms with E-state index in [0.29, 0.717) is 31.4 Å². The molecule has 1 spiro atoms. The summed E-state index contributed by atoms with van der Waals surface area (Å²) in [6, 6.07) is 9.90. The molecule has 7 nitrogen and oxygen atoms in total. The molecule has 7 heteroatoms. The quantitative estimate of drug-likeness (QED) is 0.526. The fourth-order valence-electron chi connectivity index (χ4n) is 7.79. The van der Waals surface area contributed by atoms with Crippen LogP contribution in [0, 0.1) is 11.8 Å². The molecule has 5 atom stereocenters. The highest BCUT2D eigenvalue weighted by molar-refractivity contribution is 5.86. The lowest BCUT2D eigenvalue weighted by molar-refractivity contribution is -0.188. The maximum atomic E-state index is 14.1. The van der Waals surface area contributed by atoms with E-state index in [9.17, 15) is 14.7 Å². The van der Waals surface area contributed by atoms with Crippen molar-refractivity contribution in [2.75, 3.05) is 26.2 Å². The van der Waals surface area contributed by atoms with Gasteiger partial charge in [-0.2, -0.15) is 0 Å². The van der Waals surface area contributed by atoms with Gasteiger partial charge in [0, 0.05) is 25.2 Å². The summed E-state index contributed by atoms with van der Waals surface area (Å²) in [7, 11) is 0. The lowest BCUT2D eigenvalue weighted by Crippen LogP contribution is -2.64. The van der Waals surface area contributed by atoms with Crippen LogP contribution in [0.5, 0.6) is 0 Å². The Labute approximate surface area is 241 Å². The maximum Gasteiger partial charge on any atom is 0.255 e. The summed E-state index contributed by atoms with van der Waals surface area (Å²) < 4.78 is 6.38. The minimum atomic E-state index is -0.735. The predicted octanol–water partition coefficient (Wildman–Crippen LogP) is 4.32. The molecule has 2 N–H and O–H groups in total. The van der Waals surface area contributed by atoms with E-state index in [4.69, 9.17) is 4.74 Å². The second kappa shape index (κ2) is 12.5. The number of carbonyl (C=O) groups is 2. The summed E-state index contributed by atoms with van der Waals surface area (Å²) in [5, 5.41) is 14.8. The SMILES string of the molecule is CC(C)(C)NC(=O)C1C[C@@H]2CCCC[C@@H]2CN1CC(O)CN1C(=O)C2(CCCCC2)OCC1Cc1ccccc1. The number of aliphatic hydroxyl groups excluding tert-OH is 1. The van der Waals surface area contributed by atoms with Crippen LogP contribution >= 0.6 is 0 Å². The highest BCUT2D eigenvalue weighted by Crippen LogP contribution is 2.40. The summed E-state index contributed by atoms with van der Waals surface area (Å²) in [5.41, 5.74) is 0.131. The van der Waals surface area contributed by atoms with Gasteiger partial charge in [-0.05, 0) is 70.3 Å². The minimum absolute atomic E-state index is 0.0476. The number of hydrogen-bond acceptors (Lipinski definition) is 5. The van der Waals surface area contributed by atoms with Crippen LogP contribution in [0.4, 0.5) is 0 Å². The third-order valence-corrected chi connectivity index (χ3v) is 9.77. The van der Waals surface area contributed by atoms with Crippen molar-refractivity contribution in [1.29, 1.82) is 0 Å². The van der Waals surface area contributed by atoms with Crippen LogP contribution in [0.2, 0.25) is 0 Å². The molecule has 0 aromatic heterocycles. The number of hydrogen-bond donors (Lipinski definition) is 2. The average Bonchev–Trinajstić information content (AvgIpc) is 2.93. The van der Waals surface area contributed by atoms with Crippen LogP contribution in [0.15, 0.2) is 30.3 Å². The van der Waals surface area contributed by atoms with E-state index in [1.54, 1.807) is 0 Å². The molecule has 2 heterocycles. The van der Waals surface area contributed by atoms with Crippen LogP contribution < -0.4 is 5.32 Å². The second-order valence-corrected chi connectivity index (χ2v) is 14.1. The molecule has 0 bridgehead atoms.